The van der Waals surface area contributed by atoms with Crippen molar-refractivity contribution in [2.24, 2.45) is 5.92 Å². The number of anilines is 1. The molecule has 0 aromatic carbocycles. The van der Waals surface area contributed by atoms with Crippen LogP contribution in [0.1, 0.15) is 9.67 Å². The highest BCUT2D eigenvalue weighted by atomic mass is 32.1. The van der Waals surface area contributed by atoms with Gasteiger partial charge >= 0.3 is 0 Å². The van der Waals surface area contributed by atoms with Gasteiger partial charge in [0.15, 0.2) is 6.29 Å². The van der Waals surface area contributed by atoms with Gasteiger partial charge in [-0.25, -0.2) is 9.97 Å². The highest BCUT2D eigenvalue weighted by molar-refractivity contribution is 7.20. The van der Waals surface area contributed by atoms with E-state index < -0.39 is 0 Å². The van der Waals surface area contributed by atoms with Crippen molar-refractivity contribution in [3.05, 3.63) is 17.1 Å². The van der Waals surface area contributed by atoms with E-state index in [-0.39, 0.29) is 0 Å². The number of aromatic nitrogens is 2. The average molecular weight is 274 g/mol. The van der Waals surface area contributed by atoms with E-state index in [0.29, 0.717) is 10.9 Å². The second kappa shape index (κ2) is 3.98. The number of carbonyl (C=O) groups excluding carboxylic acids is 1. The molecule has 5 nitrogen and oxygen atoms in total. The smallest absolute Gasteiger partial charge is 0.160 e. The molecule has 0 saturated carbocycles. The minimum Gasteiger partial charge on any atom is -0.350 e. The second-order valence-corrected chi connectivity index (χ2v) is 6.45. The molecule has 2 fully saturated rings. The Morgan fingerprint density at radius 2 is 2.32 bits per heavy atom. The van der Waals surface area contributed by atoms with Crippen molar-refractivity contribution in [2.45, 2.75) is 6.04 Å². The molecule has 4 heterocycles. The number of nitrogens with zero attached hydrogens (tertiary/aromatic N) is 4. The fourth-order valence-electron chi connectivity index (χ4n) is 3.13. The van der Waals surface area contributed by atoms with Crippen LogP contribution in [-0.2, 0) is 0 Å². The Kier molecular flexibility index (Phi) is 2.37. The van der Waals surface area contributed by atoms with Crippen LogP contribution in [0.4, 0.5) is 5.82 Å². The average Bonchev–Trinajstić information content (AvgIpc) is 2.93. The zero-order valence-corrected chi connectivity index (χ0v) is 11.4. The Morgan fingerprint density at radius 1 is 1.42 bits per heavy atom. The van der Waals surface area contributed by atoms with Gasteiger partial charge in [-0.2, -0.15) is 0 Å². The molecule has 98 valence electrons. The fraction of sp³-hybridized carbons (Fsp3) is 0.462. The number of likely N-dealkylation sites (tertiary alicyclic amines) is 1. The zero-order chi connectivity index (χ0) is 13.0. The maximum Gasteiger partial charge on any atom is 0.160 e. The predicted octanol–water partition coefficient (Wildman–Crippen LogP) is 1.25. The number of rotatable bonds is 2. The normalized spacial score (nSPS) is 26.5. The van der Waals surface area contributed by atoms with Gasteiger partial charge in [-0.05, 0) is 13.1 Å². The SMILES string of the molecule is CN1CC2CN(c3cnc4cc(C=O)sc4n3)C2C1. The number of fused-ring (bicyclic) bond motifs is 2. The van der Waals surface area contributed by atoms with Gasteiger partial charge in [0.05, 0.1) is 11.1 Å². The molecule has 2 aromatic heterocycles. The molecule has 2 aliphatic rings. The standard InChI is InChI=1S/C13H14N4OS/c1-16-4-8-5-17(11(8)6-16)12-3-14-10-2-9(7-18)19-13(10)15-12/h2-3,7-8,11H,4-6H2,1H3. The van der Waals surface area contributed by atoms with E-state index in [1.165, 1.54) is 17.9 Å². The lowest BCUT2D eigenvalue weighted by Crippen LogP contribution is -2.56. The molecule has 0 radical (unpaired) electrons. The van der Waals surface area contributed by atoms with Crippen LogP contribution in [0.2, 0.25) is 0 Å². The third-order valence-corrected chi connectivity index (χ3v) is 5.02. The highest BCUT2D eigenvalue weighted by Gasteiger charge is 2.45. The predicted molar refractivity (Wildman–Crippen MR) is 74.9 cm³/mol. The fourth-order valence-corrected chi connectivity index (χ4v) is 3.93. The molecule has 0 aliphatic carbocycles. The Hall–Kier alpha value is -1.53. The molecule has 2 unspecified atom stereocenters. The maximum absolute atomic E-state index is 10.8. The summed E-state index contributed by atoms with van der Waals surface area (Å²) in [4.78, 5) is 26.1. The van der Waals surface area contributed by atoms with E-state index in [0.717, 1.165) is 41.5 Å². The molecule has 2 atom stereocenters. The number of likely N-dealkylation sites (N-methyl/N-ethyl adjacent to an activating group) is 1. The van der Waals surface area contributed by atoms with Gasteiger partial charge in [0.25, 0.3) is 0 Å². The first-order valence-electron chi connectivity index (χ1n) is 6.41. The van der Waals surface area contributed by atoms with Crippen molar-refractivity contribution in [3.8, 4) is 0 Å². The van der Waals surface area contributed by atoms with E-state index >= 15 is 0 Å². The molecule has 0 bridgehead atoms. The van der Waals surface area contributed by atoms with Crippen LogP contribution >= 0.6 is 11.3 Å². The summed E-state index contributed by atoms with van der Waals surface area (Å²) in [5, 5.41) is 0. The summed E-state index contributed by atoms with van der Waals surface area (Å²) < 4.78 is 0. The summed E-state index contributed by atoms with van der Waals surface area (Å²) in [6, 6.07) is 2.38. The Labute approximate surface area is 114 Å². The summed E-state index contributed by atoms with van der Waals surface area (Å²) in [5.74, 6) is 1.72. The number of hydrogen-bond acceptors (Lipinski definition) is 6. The minimum absolute atomic E-state index is 0.585. The van der Waals surface area contributed by atoms with Crippen molar-refractivity contribution >= 4 is 33.8 Å². The summed E-state index contributed by atoms with van der Waals surface area (Å²) in [6.07, 6.45) is 2.69. The first kappa shape index (κ1) is 11.3. The molecule has 2 saturated heterocycles. The summed E-state index contributed by atoms with van der Waals surface area (Å²) >= 11 is 1.41. The number of hydrogen-bond donors (Lipinski definition) is 0. The molecular formula is C13H14N4OS. The summed E-state index contributed by atoms with van der Waals surface area (Å²) in [6.45, 7) is 3.36. The maximum atomic E-state index is 10.8. The van der Waals surface area contributed by atoms with Crippen LogP contribution in [0.25, 0.3) is 10.3 Å². The molecule has 0 spiro atoms. The zero-order valence-electron chi connectivity index (χ0n) is 10.6. The molecule has 19 heavy (non-hydrogen) atoms. The van der Waals surface area contributed by atoms with Crippen molar-refractivity contribution in [2.75, 3.05) is 31.6 Å². The first-order chi connectivity index (χ1) is 9.24. The van der Waals surface area contributed by atoms with Crippen LogP contribution in [0, 0.1) is 5.92 Å². The third kappa shape index (κ3) is 1.67. The van der Waals surface area contributed by atoms with Gasteiger partial charge in [-0.1, -0.05) is 0 Å². The molecular weight excluding hydrogens is 260 g/mol. The molecule has 6 heteroatoms. The molecule has 0 amide bonds. The van der Waals surface area contributed by atoms with Gasteiger partial charge < -0.3 is 9.80 Å². The Morgan fingerprint density at radius 3 is 3.11 bits per heavy atom. The van der Waals surface area contributed by atoms with Crippen molar-refractivity contribution in [3.63, 3.8) is 0 Å². The van der Waals surface area contributed by atoms with Gasteiger partial charge in [-0.15, -0.1) is 11.3 Å². The lowest BCUT2D eigenvalue weighted by atomic mass is 9.92. The molecule has 4 rings (SSSR count). The quantitative estimate of drug-likeness (QED) is 0.772. The first-order valence-corrected chi connectivity index (χ1v) is 7.23. The van der Waals surface area contributed by atoms with Crippen molar-refractivity contribution < 1.29 is 4.79 Å². The number of aldehydes is 1. The van der Waals surface area contributed by atoms with Crippen LogP contribution in [-0.4, -0.2) is 53.9 Å². The second-order valence-electron chi connectivity index (χ2n) is 5.39. The molecule has 2 aromatic rings. The number of thiophene rings is 1. The minimum atomic E-state index is 0.585. The van der Waals surface area contributed by atoms with Crippen LogP contribution in [0.3, 0.4) is 0 Å². The van der Waals surface area contributed by atoms with E-state index in [9.17, 15) is 4.79 Å². The van der Waals surface area contributed by atoms with Crippen molar-refractivity contribution in [1.29, 1.82) is 0 Å². The summed E-state index contributed by atoms with van der Waals surface area (Å²) in [5.41, 5.74) is 0.816. The van der Waals surface area contributed by atoms with Gasteiger partial charge in [0.1, 0.15) is 16.2 Å². The molecule has 2 aliphatic heterocycles. The highest BCUT2D eigenvalue weighted by Crippen LogP contribution is 2.35. The van der Waals surface area contributed by atoms with E-state index in [1.807, 2.05) is 6.20 Å². The number of carbonyl (C=O) groups is 1. The molecule has 0 N–H and O–H groups in total. The van der Waals surface area contributed by atoms with E-state index in [2.05, 4.69) is 26.8 Å². The van der Waals surface area contributed by atoms with Gasteiger partial charge in [-0.3, -0.25) is 4.79 Å². The van der Waals surface area contributed by atoms with Crippen LogP contribution in [0.15, 0.2) is 12.3 Å². The largest absolute Gasteiger partial charge is 0.350 e. The Bertz CT molecular complexity index is 655. The lowest BCUT2D eigenvalue weighted by molar-refractivity contribution is 0.112. The van der Waals surface area contributed by atoms with E-state index in [1.54, 1.807) is 6.07 Å². The summed E-state index contributed by atoms with van der Waals surface area (Å²) in [7, 11) is 2.17. The third-order valence-electron chi connectivity index (χ3n) is 4.08. The van der Waals surface area contributed by atoms with Crippen LogP contribution in [0.5, 0.6) is 0 Å². The monoisotopic (exact) mass is 274 g/mol. The van der Waals surface area contributed by atoms with Crippen molar-refractivity contribution in [1.82, 2.24) is 14.9 Å². The van der Waals surface area contributed by atoms with Gasteiger partial charge in [0.2, 0.25) is 0 Å². The lowest BCUT2D eigenvalue weighted by Gasteiger charge is -2.44. The van der Waals surface area contributed by atoms with E-state index in [4.69, 9.17) is 0 Å². The topological polar surface area (TPSA) is 49.3 Å². The van der Waals surface area contributed by atoms with Crippen LogP contribution < -0.4 is 4.90 Å². The Balaban J connectivity index is 1.66. The van der Waals surface area contributed by atoms with Gasteiger partial charge in [0, 0.05) is 31.6 Å².